The molecule has 7 nitrogen and oxygen atoms in total. The number of nitrogens with zero attached hydrogens (tertiary/aromatic N) is 4. The minimum absolute atomic E-state index is 0.0342. The average molecular weight is 319 g/mol. The summed E-state index contributed by atoms with van der Waals surface area (Å²) in [6, 6.07) is 1.98. The maximum absolute atomic E-state index is 11.6. The van der Waals surface area contributed by atoms with Gasteiger partial charge in [0.25, 0.3) is 0 Å². The van der Waals surface area contributed by atoms with Gasteiger partial charge in [0, 0.05) is 30.6 Å². The molecular weight excluding hydrogens is 294 g/mol. The van der Waals surface area contributed by atoms with E-state index in [2.05, 4.69) is 14.9 Å². The Bertz CT molecular complexity index is 609. The van der Waals surface area contributed by atoms with Crippen LogP contribution in [0.2, 0.25) is 0 Å². The second-order valence-corrected chi connectivity index (χ2v) is 7.50. The van der Waals surface area contributed by atoms with E-state index in [4.69, 9.17) is 5.73 Å². The molecule has 0 radical (unpaired) electrons. The SMILES string of the molecule is CC(C)(C)N(C(=O)O)C1CCN(c2cc(C3CC3)nc(N)n2)C1. The van der Waals surface area contributed by atoms with E-state index in [-0.39, 0.29) is 6.04 Å². The molecule has 3 N–H and O–H groups in total. The number of nitrogen functional groups attached to an aromatic ring is 1. The fourth-order valence-electron chi connectivity index (χ4n) is 3.37. The number of carbonyl (C=O) groups is 1. The lowest BCUT2D eigenvalue weighted by Crippen LogP contribution is -2.52. The van der Waals surface area contributed by atoms with Crippen molar-refractivity contribution in [2.45, 2.75) is 57.5 Å². The van der Waals surface area contributed by atoms with Crippen molar-refractivity contribution in [2.75, 3.05) is 23.7 Å². The Morgan fingerprint density at radius 1 is 1.35 bits per heavy atom. The maximum atomic E-state index is 11.6. The van der Waals surface area contributed by atoms with Crippen LogP contribution in [0.5, 0.6) is 0 Å². The van der Waals surface area contributed by atoms with Gasteiger partial charge in [-0.25, -0.2) is 9.78 Å². The van der Waals surface area contributed by atoms with Crippen molar-refractivity contribution in [3.05, 3.63) is 11.8 Å². The lowest BCUT2D eigenvalue weighted by atomic mass is 10.0. The van der Waals surface area contributed by atoms with Gasteiger partial charge >= 0.3 is 6.09 Å². The Morgan fingerprint density at radius 2 is 2.04 bits per heavy atom. The standard InChI is InChI=1S/C16H25N5O2/c1-16(2,3)21(15(22)23)11-6-7-20(9-11)13-8-12(10-4-5-10)18-14(17)19-13/h8,10-11H,4-7,9H2,1-3H3,(H,22,23)(H2,17,18,19). The van der Waals surface area contributed by atoms with Crippen LogP contribution in [-0.4, -0.2) is 50.7 Å². The number of rotatable bonds is 3. The third-order valence-electron chi connectivity index (χ3n) is 4.53. The Hall–Kier alpha value is -2.05. The molecule has 7 heteroatoms. The Balaban J connectivity index is 1.78. The van der Waals surface area contributed by atoms with Gasteiger partial charge in [0.05, 0.1) is 11.7 Å². The summed E-state index contributed by atoms with van der Waals surface area (Å²) >= 11 is 0. The highest BCUT2D eigenvalue weighted by Crippen LogP contribution is 2.40. The lowest BCUT2D eigenvalue weighted by molar-refractivity contribution is 0.0763. The third kappa shape index (κ3) is 3.33. The van der Waals surface area contributed by atoms with Gasteiger partial charge < -0.3 is 15.7 Å². The van der Waals surface area contributed by atoms with Crippen molar-refractivity contribution in [3.63, 3.8) is 0 Å². The molecule has 23 heavy (non-hydrogen) atoms. The second-order valence-electron chi connectivity index (χ2n) is 7.50. The van der Waals surface area contributed by atoms with E-state index < -0.39 is 11.6 Å². The molecule has 1 amide bonds. The van der Waals surface area contributed by atoms with Crippen LogP contribution in [0.1, 0.15) is 51.6 Å². The second kappa shape index (κ2) is 5.54. The zero-order valence-electron chi connectivity index (χ0n) is 14.0. The van der Waals surface area contributed by atoms with Gasteiger partial charge in [-0.1, -0.05) is 0 Å². The molecule has 0 spiro atoms. The molecule has 2 heterocycles. The van der Waals surface area contributed by atoms with E-state index in [9.17, 15) is 9.90 Å². The van der Waals surface area contributed by atoms with Crippen molar-refractivity contribution in [1.82, 2.24) is 14.9 Å². The van der Waals surface area contributed by atoms with Crippen LogP contribution in [0.15, 0.2) is 6.07 Å². The molecule has 0 aromatic carbocycles. The fraction of sp³-hybridized carbons (Fsp3) is 0.688. The monoisotopic (exact) mass is 319 g/mol. The average Bonchev–Trinajstić information content (AvgIpc) is 3.16. The van der Waals surface area contributed by atoms with Gasteiger partial charge in [0.15, 0.2) is 0 Å². The highest BCUT2D eigenvalue weighted by molar-refractivity contribution is 5.67. The number of anilines is 2. The normalized spacial score (nSPS) is 21.5. The van der Waals surface area contributed by atoms with Crippen LogP contribution >= 0.6 is 0 Å². The van der Waals surface area contributed by atoms with E-state index in [1.54, 1.807) is 4.90 Å². The van der Waals surface area contributed by atoms with Crippen LogP contribution < -0.4 is 10.6 Å². The quantitative estimate of drug-likeness (QED) is 0.887. The van der Waals surface area contributed by atoms with Crippen molar-refractivity contribution in [2.24, 2.45) is 0 Å². The number of carboxylic acid groups (broad SMARTS) is 1. The summed E-state index contributed by atoms with van der Waals surface area (Å²) in [5, 5.41) is 9.56. The largest absolute Gasteiger partial charge is 0.465 e. The van der Waals surface area contributed by atoms with Crippen molar-refractivity contribution < 1.29 is 9.90 Å². The number of hydrogen-bond donors (Lipinski definition) is 2. The van der Waals surface area contributed by atoms with Gasteiger partial charge in [0.1, 0.15) is 5.82 Å². The van der Waals surface area contributed by atoms with E-state index >= 15 is 0 Å². The van der Waals surface area contributed by atoms with Gasteiger partial charge in [-0.15, -0.1) is 0 Å². The van der Waals surface area contributed by atoms with Gasteiger partial charge in [-0.05, 0) is 40.0 Å². The predicted octanol–water partition coefficient (Wildman–Crippen LogP) is 2.29. The third-order valence-corrected chi connectivity index (χ3v) is 4.53. The fourth-order valence-corrected chi connectivity index (χ4v) is 3.37. The molecule has 1 saturated heterocycles. The molecule has 1 aromatic rings. The van der Waals surface area contributed by atoms with E-state index in [1.807, 2.05) is 26.8 Å². The minimum Gasteiger partial charge on any atom is -0.465 e. The molecule has 1 aromatic heterocycles. The molecule has 1 aliphatic heterocycles. The van der Waals surface area contributed by atoms with Gasteiger partial charge in [0.2, 0.25) is 5.95 Å². The van der Waals surface area contributed by atoms with Gasteiger partial charge in [-0.2, -0.15) is 4.98 Å². The molecule has 1 aliphatic carbocycles. The van der Waals surface area contributed by atoms with Crippen LogP contribution in [0.25, 0.3) is 0 Å². The summed E-state index contributed by atoms with van der Waals surface area (Å²) in [4.78, 5) is 24.0. The molecule has 1 unspecified atom stereocenters. The first kappa shape index (κ1) is 15.8. The first-order chi connectivity index (χ1) is 10.8. The summed E-state index contributed by atoms with van der Waals surface area (Å²) < 4.78 is 0. The number of hydrogen-bond acceptors (Lipinski definition) is 5. The number of amides is 1. The molecule has 0 bridgehead atoms. The molecular formula is C16H25N5O2. The zero-order chi connectivity index (χ0) is 16.8. The lowest BCUT2D eigenvalue weighted by Gasteiger charge is -2.37. The minimum atomic E-state index is -0.870. The van der Waals surface area contributed by atoms with Crippen LogP contribution in [0.4, 0.5) is 16.6 Å². The van der Waals surface area contributed by atoms with Crippen LogP contribution in [-0.2, 0) is 0 Å². The predicted molar refractivity (Wildman–Crippen MR) is 88.7 cm³/mol. The summed E-state index contributed by atoms with van der Waals surface area (Å²) in [6.07, 6.45) is 2.25. The molecule has 2 aliphatic rings. The zero-order valence-corrected chi connectivity index (χ0v) is 14.0. The Labute approximate surface area is 136 Å². The molecule has 2 fully saturated rings. The number of aromatic nitrogens is 2. The van der Waals surface area contributed by atoms with Gasteiger partial charge in [-0.3, -0.25) is 4.90 Å². The Kier molecular flexibility index (Phi) is 3.82. The topological polar surface area (TPSA) is 95.6 Å². The summed E-state index contributed by atoms with van der Waals surface area (Å²) in [7, 11) is 0. The van der Waals surface area contributed by atoms with Crippen LogP contribution in [0.3, 0.4) is 0 Å². The first-order valence-corrected chi connectivity index (χ1v) is 8.17. The first-order valence-electron chi connectivity index (χ1n) is 8.17. The summed E-state index contributed by atoms with van der Waals surface area (Å²) in [5.41, 5.74) is 6.45. The molecule has 1 atom stereocenters. The van der Waals surface area contributed by atoms with Crippen molar-refractivity contribution in [1.29, 1.82) is 0 Å². The maximum Gasteiger partial charge on any atom is 0.408 e. The summed E-state index contributed by atoms with van der Waals surface area (Å²) in [6.45, 7) is 7.21. The van der Waals surface area contributed by atoms with Crippen molar-refractivity contribution >= 4 is 17.9 Å². The Morgan fingerprint density at radius 3 is 2.61 bits per heavy atom. The summed E-state index contributed by atoms with van der Waals surface area (Å²) in [5.74, 6) is 1.64. The van der Waals surface area contributed by atoms with E-state index in [1.165, 1.54) is 0 Å². The number of nitrogens with two attached hydrogens (primary N) is 1. The highest BCUT2D eigenvalue weighted by atomic mass is 16.4. The van der Waals surface area contributed by atoms with Crippen molar-refractivity contribution in [3.8, 4) is 0 Å². The highest BCUT2D eigenvalue weighted by Gasteiger charge is 2.38. The van der Waals surface area contributed by atoms with E-state index in [0.717, 1.165) is 37.3 Å². The molecule has 1 saturated carbocycles. The smallest absolute Gasteiger partial charge is 0.408 e. The molecule has 126 valence electrons. The molecule has 3 rings (SSSR count). The van der Waals surface area contributed by atoms with Crippen LogP contribution in [0, 0.1) is 0 Å². The van der Waals surface area contributed by atoms with E-state index in [0.29, 0.717) is 18.4 Å².